The number of fused-ring (bicyclic) bond motifs is 3. The zero-order valence-electron chi connectivity index (χ0n) is 9.39. The van der Waals surface area contributed by atoms with Crippen molar-refractivity contribution in [3.8, 4) is 0 Å². The molecule has 1 saturated carbocycles. The van der Waals surface area contributed by atoms with Crippen LogP contribution < -0.4 is 0 Å². The number of hydrogen-bond donors (Lipinski definition) is 0. The average Bonchev–Trinajstić information content (AvgIpc) is 2.72. The molecule has 3 rings (SSSR count). The van der Waals surface area contributed by atoms with Gasteiger partial charge < -0.3 is 0 Å². The molecule has 3 heteroatoms. The summed E-state index contributed by atoms with van der Waals surface area (Å²) in [6.45, 7) is 2.09. The smallest absolute Gasteiger partial charge is 0.134 e. The number of pyridine rings is 1. The van der Waals surface area contributed by atoms with Crippen LogP contribution >= 0.6 is 23.2 Å². The molecular weight excluding hydrogens is 241 g/mol. The Hall–Kier alpha value is -0.270. The van der Waals surface area contributed by atoms with Crippen LogP contribution in [0.2, 0.25) is 10.3 Å². The molecule has 0 N–H and O–H groups in total. The molecule has 2 atom stereocenters. The van der Waals surface area contributed by atoms with Crippen molar-refractivity contribution in [1.82, 2.24) is 4.98 Å². The van der Waals surface area contributed by atoms with Crippen LogP contribution in [0.15, 0.2) is 0 Å². The van der Waals surface area contributed by atoms with Gasteiger partial charge in [0.05, 0.1) is 0 Å². The van der Waals surface area contributed by atoms with Gasteiger partial charge >= 0.3 is 0 Å². The van der Waals surface area contributed by atoms with Gasteiger partial charge in [-0.1, -0.05) is 29.6 Å². The van der Waals surface area contributed by atoms with Crippen LogP contribution in [-0.2, 0) is 6.42 Å². The van der Waals surface area contributed by atoms with E-state index in [1.807, 2.05) is 0 Å². The summed E-state index contributed by atoms with van der Waals surface area (Å²) in [5, 5.41) is 1.23. The lowest BCUT2D eigenvalue weighted by molar-refractivity contribution is 0.421. The van der Waals surface area contributed by atoms with Crippen LogP contribution in [0.4, 0.5) is 0 Å². The number of halogens is 2. The van der Waals surface area contributed by atoms with Crippen molar-refractivity contribution in [2.75, 3.05) is 0 Å². The van der Waals surface area contributed by atoms with Crippen molar-refractivity contribution in [3.63, 3.8) is 0 Å². The minimum absolute atomic E-state index is 0.594. The van der Waals surface area contributed by atoms with Crippen molar-refractivity contribution in [2.45, 2.75) is 44.9 Å². The van der Waals surface area contributed by atoms with Crippen LogP contribution in [0, 0.1) is 12.8 Å². The van der Waals surface area contributed by atoms with Gasteiger partial charge in [0, 0.05) is 0 Å². The second-order valence-electron chi connectivity index (χ2n) is 5.05. The van der Waals surface area contributed by atoms with Crippen molar-refractivity contribution < 1.29 is 0 Å². The molecule has 0 bridgehead atoms. The highest BCUT2D eigenvalue weighted by Gasteiger charge is 2.36. The summed E-state index contributed by atoms with van der Waals surface area (Å²) in [7, 11) is 0. The maximum atomic E-state index is 6.21. The Labute approximate surface area is 106 Å². The van der Waals surface area contributed by atoms with Gasteiger partial charge in [-0.2, -0.15) is 0 Å². The third kappa shape index (κ3) is 1.48. The summed E-state index contributed by atoms with van der Waals surface area (Å²) in [4.78, 5) is 4.23. The van der Waals surface area contributed by atoms with Crippen LogP contribution in [0.1, 0.15) is 48.3 Å². The molecule has 0 aromatic carbocycles. The van der Waals surface area contributed by atoms with E-state index in [-0.39, 0.29) is 0 Å². The molecular formula is C13H15Cl2N. The second kappa shape index (κ2) is 3.89. The Bertz CT molecular complexity index is 442. The quantitative estimate of drug-likeness (QED) is 0.621. The Balaban J connectivity index is 2.20. The van der Waals surface area contributed by atoms with Gasteiger partial charge in [0.1, 0.15) is 10.3 Å². The van der Waals surface area contributed by atoms with Crippen LogP contribution in [-0.4, -0.2) is 4.98 Å². The largest absolute Gasteiger partial charge is 0.224 e. The first kappa shape index (κ1) is 10.9. The van der Waals surface area contributed by atoms with Gasteiger partial charge in [-0.25, -0.2) is 4.98 Å². The maximum Gasteiger partial charge on any atom is 0.134 e. The molecule has 16 heavy (non-hydrogen) atoms. The Morgan fingerprint density at radius 1 is 1.12 bits per heavy atom. The molecule has 0 spiro atoms. The van der Waals surface area contributed by atoms with E-state index in [0.717, 1.165) is 17.9 Å². The third-order valence-corrected chi connectivity index (χ3v) is 4.96. The normalized spacial score (nSPS) is 27.7. The lowest BCUT2D eigenvalue weighted by Gasteiger charge is -2.30. The summed E-state index contributed by atoms with van der Waals surface area (Å²) < 4.78 is 0. The first-order chi connectivity index (χ1) is 7.68. The van der Waals surface area contributed by atoms with Gasteiger partial charge in [0.25, 0.3) is 0 Å². The van der Waals surface area contributed by atoms with Crippen molar-refractivity contribution in [3.05, 3.63) is 27.0 Å². The van der Waals surface area contributed by atoms with E-state index in [1.165, 1.54) is 36.8 Å². The molecule has 2 aliphatic carbocycles. The van der Waals surface area contributed by atoms with Crippen molar-refractivity contribution in [1.29, 1.82) is 0 Å². The fraction of sp³-hybridized carbons (Fsp3) is 0.615. The van der Waals surface area contributed by atoms with Gasteiger partial charge in [-0.3, -0.25) is 0 Å². The highest BCUT2D eigenvalue weighted by Crippen LogP contribution is 2.49. The minimum atomic E-state index is 0.594. The SMILES string of the molecule is Cc1c(Cl)nc(Cl)c2c1[C@H]1CCC[C@H]1CC2. The monoisotopic (exact) mass is 255 g/mol. The number of hydrogen-bond acceptors (Lipinski definition) is 1. The number of nitrogens with zero attached hydrogens (tertiary/aromatic N) is 1. The Kier molecular flexibility index (Phi) is 2.64. The van der Waals surface area contributed by atoms with Gasteiger partial charge in [-0.15, -0.1) is 0 Å². The fourth-order valence-corrected chi connectivity index (χ4v) is 4.03. The van der Waals surface area contributed by atoms with E-state index in [0.29, 0.717) is 16.2 Å². The highest BCUT2D eigenvalue weighted by atomic mass is 35.5. The average molecular weight is 256 g/mol. The van der Waals surface area contributed by atoms with Gasteiger partial charge in [0.15, 0.2) is 0 Å². The molecule has 1 nitrogen and oxygen atoms in total. The number of aromatic nitrogens is 1. The topological polar surface area (TPSA) is 12.9 Å². The van der Waals surface area contributed by atoms with E-state index in [2.05, 4.69) is 11.9 Å². The molecule has 2 aliphatic rings. The van der Waals surface area contributed by atoms with Crippen LogP contribution in [0.3, 0.4) is 0 Å². The zero-order chi connectivity index (χ0) is 11.3. The first-order valence-electron chi connectivity index (χ1n) is 6.03. The molecule has 0 unspecified atom stereocenters. The predicted molar refractivity (Wildman–Crippen MR) is 67.4 cm³/mol. The number of rotatable bonds is 0. The van der Waals surface area contributed by atoms with E-state index < -0.39 is 0 Å². The molecule has 1 aromatic rings. The fourth-order valence-electron chi connectivity index (χ4n) is 3.52. The lowest BCUT2D eigenvalue weighted by Crippen LogP contribution is -2.18. The van der Waals surface area contributed by atoms with Crippen molar-refractivity contribution >= 4 is 23.2 Å². The Morgan fingerprint density at radius 2 is 1.94 bits per heavy atom. The molecule has 1 fully saturated rings. The van der Waals surface area contributed by atoms with Crippen LogP contribution in [0.25, 0.3) is 0 Å². The first-order valence-corrected chi connectivity index (χ1v) is 6.78. The third-order valence-electron chi connectivity index (χ3n) is 4.28. The molecule has 0 amide bonds. The summed E-state index contributed by atoms with van der Waals surface area (Å²) >= 11 is 12.4. The zero-order valence-corrected chi connectivity index (χ0v) is 10.9. The van der Waals surface area contributed by atoms with Crippen molar-refractivity contribution in [2.24, 2.45) is 5.92 Å². The molecule has 1 heterocycles. The maximum absolute atomic E-state index is 6.21. The minimum Gasteiger partial charge on any atom is -0.224 e. The summed E-state index contributed by atoms with van der Waals surface area (Å²) in [5.41, 5.74) is 3.86. The molecule has 86 valence electrons. The summed E-state index contributed by atoms with van der Waals surface area (Å²) in [6.07, 6.45) is 6.39. The van der Waals surface area contributed by atoms with E-state index >= 15 is 0 Å². The predicted octanol–water partition coefficient (Wildman–Crippen LogP) is 4.53. The Morgan fingerprint density at radius 3 is 2.75 bits per heavy atom. The molecule has 1 aromatic heterocycles. The van der Waals surface area contributed by atoms with E-state index in [4.69, 9.17) is 23.2 Å². The van der Waals surface area contributed by atoms with Crippen LogP contribution in [0.5, 0.6) is 0 Å². The lowest BCUT2D eigenvalue weighted by atomic mass is 9.76. The van der Waals surface area contributed by atoms with Gasteiger partial charge in [0.2, 0.25) is 0 Å². The summed E-state index contributed by atoms with van der Waals surface area (Å²) in [6, 6.07) is 0. The molecule has 0 aliphatic heterocycles. The van der Waals surface area contributed by atoms with E-state index in [1.54, 1.807) is 0 Å². The molecule has 0 saturated heterocycles. The summed E-state index contributed by atoms with van der Waals surface area (Å²) in [5.74, 6) is 1.56. The second-order valence-corrected chi connectivity index (χ2v) is 5.76. The van der Waals surface area contributed by atoms with E-state index in [9.17, 15) is 0 Å². The van der Waals surface area contributed by atoms with Gasteiger partial charge in [-0.05, 0) is 61.1 Å². The standard InChI is InChI=1S/C13H15Cl2N/c1-7-11-9-4-2-3-8(9)5-6-10(11)13(15)16-12(7)14/h8-9H,2-6H2,1H3/t8-,9-/m0/s1. The highest BCUT2D eigenvalue weighted by molar-refractivity contribution is 6.33. The molecule has 0 radical (unpaired) electrons.